The molecule has 1 rings (SSSR count). The van der Waals surface area contributed by atoms with Crippen LogP contribution in [0, 0.1) is 5.92 Å². The summed E-state index contributed by atoms with van der Waals surface area (Å²) in [6.45, 7) is 8.20. The highest BCUT2D eigenvalue weighted by Crippen LogP contribution is 2.11. The van der Waals surface area contributed by atoms with Gasteiger partial charge in [-0.15, -0.1) is 0 Å². The average molecular weight is 250 g/mol. The molecule has 0 fully saturated rings. The van der Waals surface area contributed by atoms with Gasteiger partial charge in [0.2, 0.25) is 0 Å². The van der Waals surface area contributed by atoms with Gasteiger partial charge in [0.25, 0.3) is 5.91 Å². The van der Waals surface area contributed by atoms with Gasteiger partial charge in [0.05, 0.1) is 11.7 Å². The Kier molecular flexibility index (Phi) is 5.28. The van der Waals surface area contributed by atoms with E-state index in [0.29, 0.717) is 11.5 Å². The molecule has 4 nitrogen and oxygen atoms in total. The van der Waals surface area contributed by atoms with Gasteiger partial charge in [-0.2, -0.15) is 0 Å². The normalized spacial score (nSPS) is 12.8. The van der Waals surface area contributed by atoms with E-state index in [1.165, 1.54) is 0 Å². The third-order valence-corrected chi connectivity index (χ3v) is 2.88. The maximum atomic E-state index is 11.8. The molecule has 4 heteroatoms. The molecule has 0 saturated carbocycles. The molecule has 1 unspecified atom stereocenters. The Hall–Kier alpha value is -1.42. The van der Waals surface area contributed by atoms with E-state index < -0.39 is 6.10 Å². The SMILES string of the molecule is CC(C)c1ccc(C(=O)NCC(O)C(C)C)cn1. The van der Waals surface area contributed by atoms with Crippen molar-refractivity contribution in [2.75, 3.05) is 6.54 Å². The first-order chi connectivity index (χ1) is 8.41. The first-order valence-corrected chi connectivity index (χ1v) is 6.34. The summed E-state index contributed by atoms with van der Waals surface area (Å²) in [6, 6.07) is 3.62. The van der Waals surface area contributed by atoms with E-state index in [1.54, 1.807) is 12.3 Å². The molecule has 0 bridgehead atoms. The zero-order valence-corrected chi connectivity index (χ0v) is 11.5. The summed E-state index contributed by atoms with van der Waals surface area (Å²) in [5.41, 5.74) is 1.49. The molecule has 0 aromatic carbocycles. The third kappa shape index (κ3) is 4.11. The Bertz CT molecular complexity index is 385. The van der Waals surface area contributed by atoms with Gasteiger partial charge in [0.1, 0.15) is 0 Å². The summed E-state index contributed by atoms with van der Waals surface area (Å²) in [5, 5.41) is 12.3. The molecule has 0 aliphatic heterocycles. The van der Waals surface area contributed by atoms with Gasteiger partial charge in [-0.1, -0.05) is 27.7 Å². The largest absolute Gasteiger partial charge is 0.391 e. The Morgan fingerprint density at radius 3 is 2.44 bits per heavy atom. The number of carbonyl (C=O) groups is 1. The van der Waals surface area contributed by atoms with Crippen molar-refractivity contribution >= 4 is 5.91 Å². The van der Waals surface area contributed by atoms with E-state index in [0.717, 1.165) is 5.69 Å². The number of pyridine rings is 1. The molecule has 0 spiro atoms. The molecule has 2 N–H and O–H groups in total. The van der Waals surface area contributed by atoms with E-state index >= 15 is 0 Å². The van der Waals surface area contributed by atoms with Crippen molar-refractivity contribution in [3.05, 3.63) is 29.6 Å². The fourth-order valence-electron chi connectivity index (χ4n) is 1.42. The Labute approximate surface area is 108 Å². The van der Waals surface area contributed by atoms with Crippen molar-refractivity contribution < 1.29 is 9.90 Å². The number of nitrogens with zero attached hydrogens (tertiary/aromatic N) is 1. The lowest BCUT2D eigenvalue weighted by Crippen LogP contribution is -2.34. The lowest BCUT2D eigenvalue weighted by molar-refractivity contribution is 0.0871. The van der Waals surface area contributed by atoms with Gasteiger partial charge in [-0.25, -0.2) is 0 Å². The molecule has 1 amide bonds. The highest BCUT2D eigenvalue weighted by Gasteiger charge is 2.12. The van der Waals surface area contributed by atoms with Crippen LogP contribution in [-0.2, 0) is 0 Å². The van der Waals surface area contributed by atoms with Crippen LogP contribution >= 0.6 is 0 Å². The highest BCUT2D eigenvalue weighted by atomic mass is 16.3. The lowest BCUT2D eigenvalue weighted by Gasteiger charge is -2.15. The van der Waals surface area contributed by atoms with Gasteiger partial charge < -0.3 is 10.4 Å². The van der Waals surface area contributed by atoms with Gasteiger partial charge in [0.15, 0.2) is 0 Å². The van der Waals surface area contributed by atoms with Crippen molar-refractivity contribution in [3.63, 3.8) is 0 Å². The van der Waals surface area contributed by atoms with Crippen LogP contribution in [0.3, 0.4) is 0 Å². The minimum atomic E-state index is -0.517. The van der Waals surface area contributed by atoms with E-state index in [1.807, 2.05) is 19.9 Å². The summed E-state index contributed by atoms with van der Waals surface area (Å²) < 4.78 is 0. The summed E-state index contributed by atoms with van der Waals surface area (Å²) in [7, 11) is 0. The van der Waals surface area contributed by atoms with E-state index in [9.17, 15) is 9.90 Å². The number of nitrogens with one attached hydrogen (secondary N) is 1. The molecule has 1 aromatic heterocycles. The van der Waals surface area contributed by atoms with Gasteiger partial charge in [-0.3, -0.25) is 9.78 Å². The fourth-order valence-corrected chi connectivity index (χ4v) is 1.42. The van der Waals surface area contributed by atoms with Gasteiger partial charge >= 0.3 is 0 Å². The fraction of sp³-hybridized carbons (Fsp3) is 0.571. The number of aliphatic hydroxyl groups excluding tert-OH is 1. The van der Waals surface area contributed by atoms with Crippen LogP contribution in [0.1, 0.15) is 49.7 Å². The van der Waals surface area contributed by atoms with Crippen molar-refractivity contribution in [3.8, 4) is 0 Å². The maximum Gasteiger partial charge on any atom is 0.252 e. The topological polar surface area (TPSA) is 62.2 Å². The lowest BCUT2D eigenvalue weighted by atomic mass is 10.1. The van der Waals surface area contributed by atoms with Crippen LogP contribution in [0.4, 0.5) is 0 Å². The third-order valence-electron chi connectivity index (χ3n) is 2.88. The minimum Gasteiger partial charge on any atom is -0.391 e. The molecule has 18 heavy (non-hydrogen) atoms. The summed E-state index contributed by atoms with van der Waals surface area (Å²) in [5.74, 6) is 0.286. The molecule has 1 atom stereocenters. The number of hydrogen-bond donors (Lipinski definition) is 2. The van der Waals surface area contributed by atoms with Crippen LogP contribution in [0.25, 0.3) is 0 Å². The quantitative estimate of drug-likeness (QED) is 0.839. The van der Waals surface area contributed by atoms with Gasteiger partial charge in [0, 0.05) is 18.4 Å². The number of amides is 1. The Morgan fingerprint density at radius 1 is 1.33 bits per heavy atom. The summed E-state index contributed by atoms with van der Waals surface area (Å²) in [6.07, 6.45) is 1.06. The van der Waals surface area contributed by atoms with Crippen molar-refractivity contribution in [2.24, 2.45) is 5.92 Å². The molecule has 0 radical (unpaired) electrons. The van der Waals surface area contributed by atoms with Crippen LogP contribution in [0.15, 0.2) is 18.3 Å². The number of rotatable bonds is 5. The second kappa shape index (κ2) is 6.50. The molecule has 1 heterocycles. The molecule has 0 aliphatic carbocycles. The summed E-state index contributed by atoms with van der Waals surface area (Å²) in [4.78, 5) is 16.0. The van der Waals surface area contributed by atoms with E-state index in [4.69, 9.17) is 0 Å². The van der Waals surface area contributed by atoms with E-state index in [-0.39, 0.29) is 18.4 Å². The molecular weight excluding hydrogens is 228 g/mol. The van der Waals surface area contributed by atoms with Crippen LogP contribution < -0.4 is 5.32 Å². The molecular formula is C14H22N2O2. The van der Waals surface area contributed by atoms with Crippen LogP contribution in [-0.4, -0.2) is 28.6 Å². The summed E-state index contributed by atoms with van der Waals surface area (Å²) >= 11 is 0. The number of aromatic nitrogens is 1. The standard InChI is InChI=1S/C14H22N2O2/c1-9(2)12-6-5-11(7-15-12)14(18)16-8-13(17)10(3)4/h5-7,9-10,13,17H,8H2,1-4H3,(H,16,18). The first kappa shape index (κ1) is 14.6. The van der Waals surface area contributed by atoms with Crippen molar-refractivity contribution in [1.82, 2.24) is 10.3 Å². The molecule has 100 valence electrons. The first-order valence-electron chi connectivity index (χ1n) is 6.34. The second-order valence-electron chi connectivity index (χ2n) is 5.15. The average Bonchev–Trinajstić information content (AvgIpc) is 2.35. The number of aliphatic hydroxyl groups is 1. The molecule has 0 saturated heterocycles. The predicted octanol–water partition coefficient (Wildman–Crippen LogP) is 1.95. The number of carbonyl (C=O) groups excluding carboxylic acids is 1. The Morgan fingerprint density at radius 2 is 2.00 bits per heavy atom. The van der Waals surface area contributed by atoms with Crippen molar-refractivity contribution in [1.29, 1.82) is 0 Å². The zero-order valence-electron chi connectivity index (χ0n) is 11.5. The molecule has 0 aliphatic rings. The minimum absolute atomic E-state index is 0.131. The smallest absolute Gasteiger partial charge is 0.252 e. The van der Waals surface area contributed by atoms with Crippen LogP contribution in [0.2, 0.25) is 0 Å². The Balaban J connectivity index is 2.57. The van der Waals surface area contributed by atoms with Crippen molar-refractivity contribution in [2.45, 2.75) is 39.7 Å². The molecule has 1 aromatic rings. The predicted molar refractivity (Wildman–Crippen MR) is 71.5 cm³/mol. The van der Waals surface area contributed by atoms with E-state index in [2.05, 4.69) is 24.1 Å². The monoisotopic (exact) mass is 250 g/mol. The maximum absolute atomic E-state index is 11.8. The zero-order chi connectivity index (χ0) is 13.7. The van der Waals surface area contributed by atoms with Crippen LogP contribution in [0.5, 0.6) is 0 Å². The highest BCUT2D eigenvalue weighted by molar-refractivity contribution is 5.93. The number of hydrogen-bond acceptors (Lipinski definition) is 3. The van der Waals surface area contributed by atoms with Gasteiger partial charge in [-0.05, 0) is 24.0 Å². The second-order valence-corrected chi connectivity index (χ2v) is 5.15.